The van der Waals surface area contributed by atoms with Crippen molar-refractivity contribution in [1.82, 2.24) is 10.3 Å². The van der Waals surface area contributed by atoms with Crippen molar-refractivity contribution >= 4 is 0 Å². The molecular weight excluding hydrogens is 301 g/mol. The first-order chi connectivity index (χ1) is 11.8. The van der Waals surface area contributed by atoms with Crippen LogP contribution in [-0.2, 0) is 6.54 Å². The summed E-state index contributed by atoms with van der Waals surface area (Å²) in [6.45, 7) is 0.303. The predicted octanol–water partition coefficient (Wildman–Crippen LogP) is 3.97. The Morgan fingerprint density at radius 1 is 1.04 bits per heavy atom. The molecule has 4 heteroatoms. The number of nitrogens with zero attached hydrogens (tertiary/aromatic N) is 2. The Morgan fingerprint density at radius 2 is 1.83 bits per heavy atom. The maximum absolute atomic E-state index is 14.0. The molecule has 0 spiro atoms. The molecule has 118 valence electrons. The lowest BCUT2D eigenvalue weighted by Crippen LogP contribution is -2.23. The Labute approximate surface area is 140 Å². The second-order valence-corrected chi connectivity index (χ2v) is 5.40. The average Bonchev–Trinajstić information content (AvgIpc) is 2.65. The van der Waals surface area contributed by atoms with Gasteiger partial charge in [0.15, 0.2) is 0 Å². The number of benzene rings is 2. The summed E-state index contributed by atoms with van der Waals surface area (Å²) in [5, 5.41) is 12.3. The molecule has 1 N–H and O–H groups in total. The minimum atomic E-state index is -0.325. The standard InChI is InChI=1S/C20H16FN3/c21-18-10-9-15(13-22)12-17(18)14-24-20(16-6-2-1-3-7-16)19-8-4-5-11-23-19/h1-12,20,24H,14H2/t20-/m0/s1. The number of hydrogen-bond acceptors (Lipinski definition) is 3. The zero-order chi connectivity index (χ0) is 16.8. The molecule has 3 nitrogen and oxygen atoms in total. The smallest absolute Gasteiger partial charge is 0.127 e. The lowest BCUT2D eigenvalue weighted by Gasteiger charge is -2.19. The third-order valence-corrected chi connectivity index (χ3v) is 3.79. The van der Waals surface area contributed by atoms with E-state index in [1.165, 1.54) is 12.1 Å². The van der Waals surface area contributed by atoms with Crippen LogP contribution in [0.15, 0.2) is 72.9 Å². The van der Waals surface area contributed by atoms with E-state index in [1.54, 1.807) is 12.3 Å². The fourth-order valence-corrected chi connectivity index (χ4v) is 2.58. The van der Waals surface area contributed by atoms with Crippen molar-refractivity contribution in [3.05, 3.63) is 101 Å². The first kappa shape index (κ1) is 15.9. The summed E-state index contributed by atoms with van der Waals surface area (Å²) in [7, 11) is 0. The minimum absolute atomic E-state index is 0.155. The van der Waals surface area contributed by atoms with E-state index in [9.17, 15) is 4.39 Å². The van der Waals surface area contributed by atoms with Crippen LogP contribution in [0.2, 0.25) is 0 Å². The van der Waals surface area contributed by atoms with Crippen LogP contribution < -0.4 is 5.32 Å². The molecule has 0 radical (unpaired) electrons. The molecule has 1 atom stereocenters. The quantitative estimate of drug-likeness (QED) is 0.774. The summed E-state index contributed by atoms with van der Waals surface area (Å²) in [6.07, 6.45) is 1.74. The SMILES string of the molecule is N#Cc1ccc(F)c(CN[C@@H](c2ccccc2)c2ccccn2)c1. The number of rotatable bonds is 5. The monoisotopic (exact) mass is 317 g/mol. The molecule has 3 rings (SSSR count). The van der Waals surface area contributed by atoms with Crippen LogP contribution in [-0.4, -0.2) is 4.98 Å². The third-order valence-electron chi connectivity index (χ3n) is 3.79. The second kappa shape index (κ2) is 7.49. The van der Waals surface area contributed by atoms with Gasteiger partial charge < -0.3 is 5.32 Å². The molecule has 2 aromatic carbocycles. The normalized spacial score (nSPS) is 11.7. The van der Waals surface area contributed by atoms with Crippen molar-refractivity contribution in [1.29, 1.82) is 5.26 Å². The van der Waals surface area contributed by atoms with Crippen LogP contribution in [0.1, 0.15) is 28.4 Å². The van der Waals surface area contributed by atoms with Gasteiger partial charge in [-0.2, -0.15) is 5.26 Å². The Hall–Kier alpha value is -3.03. The molecule has 24 heavy (non-hydrogen) atoms. The van der Waals surface area contributed by atoms with Gasteiger partial charge in [-0.15, -0.1) is 0 Å². The maximum Gasteiger partial charge on any atom is 0.127 e. The Bertz CT molecular complexity index is 802. The lowest BCUT2D eigenvalue weighted by atomic mass is 10.0. The topological polar surface area (TPSA) is 48.7 Å². The molecular formula is C20H16FN3. The molecule has 0 saturated heterocycles. The number of nitriles is 1. The molecule has 0 fully saturated rings. The molecule has 0 aliphatic rings. The van der Waals surface area contributed by atoms with Crippen molar-refractivity contribution in [2.24, 2.45) is 0 Å². The van der Waals surface area contributed by atoms with Crippen molar-refractivity contribution < 1.29 is 4.39 Å². The van der Waals surface area contributed by atoms with E-state index < -0.39 is 0 Å². The number of aromatic nitrogens is 1. The van der Waals surface area contributed by atoms with Crippen molar-refractivity contribution in [3.63, 3.8) is 0 Å². The van der Waals surface area contributed by atoms with Gasteiger partial charge in [0.2, 0.25) is 0 Å². The predicted molar refractivity (Wildman–Crippen MR) is 90.5 cm³/mol. The van der Waals surface area contributed by atoms with Gasteiger partial charge in [-0.05, 0) is 35.9 Å². The van der Waals surface area contributed by atoms with Gasteiger partial charge in [0.1, 0.15) is 5.82 Å². The summed E-state index contributed by atoms with van der Waals surface area (Å²) in [4.78, 5) is 4.42. The molecule has 1 aromatic heterocycles. The van der Waals surface area contributed by atoms with E-state index in [0.717, 1.165) is 11.3 Å². The van der Waals surface area contributed by atoms with Crippen LogP contribution in [0.3, 0.4) is 0 Å². The van der Waals surface area contributed by atoms with E-state index in [-0.39, 0.29) is 11.9 Å². The first-order valence-electron chi connectivity index (χ1n) is 7.65. The molecule has 0 saturated carbocycles. The Kier molecular flexibility index (Phi) is 4.95. The molecule has 0 amide bonds. The van der Waals surface area contributed by atoms with Crippen LogP contribution in [0.4, 0.5) is 4.39 Å². The third kappa shape index (κ3) is 3.65. The van der Waals surface area contributed by atoms with Crippen molar-refractivity contribution in [2.45, 2.75) is 12.6 Å². The largest absolute Gasteiger partial charge is 0.301 e. The van der Waals surface area contributed by atoms with E-state index in [0.29, 0.717) is 17.7 Å². The number of hydrogen-bond donors (Lipinski definition) is 1. The highest BCUT2D eigenvalue weighted by molar-refractivity contribution is 5.34. The Balaban J connectivity index is 1.87. The first-order valence-corrected chi connectivity index (χ1v) is 7.65. The van der Waals surface area contributed by atoms with Gasteiger partial charge in [-0.1, -0.05) is 36.4 Å². The van der Waals surface area contributed by atoms with Crippen LogP contribution >= 0.6 is 0 Å². The zero-order valence-corrected chi connectivity index (χ0v) is 13.0. The fraction of sp³-hybridized carbons (Fsp3) is 0.100. The van der Waals surface area contributed by atoms with Gasteiger partial charge in [0.25, 0.3) is 0 Å². The summed E-state index contributed by atoms with van der Waals surface area (Å²) in [5.41, 5.74) is 2.82. The number of halogens is 1. The lowest BCUT2D eigenvalue weighted by molar-refractivity contribution is 0.554. The molecule has 0 aliphatic heterocycles. The van der Waals surface area contributed by atoms with E-state index in [4.69, 9.17) is 5.26 Å². The average molecular weight is 317 g/mol. The van der Waals surface area contributed by atoms with Gasteiger partial charge >= 0.3 is 0 Å². The zero-order valence-electron chi connectivity index (χ0n) is 13.0. The summed E-state index contributed by atoms with van der Waals surface area (Å²) in [5.74, 6) is -0.325. The summed E-state index contributed by atoms with van der Waals surface area (Å²) >= 11 is 0. The van der Waals surface area contributed by atoms with Gasteiger partial charge in [-0.25, -0.2) is 4.39 Å². The van der Waals surface area contributed by atoms with E-state index in [1.807, 2.05) is 54.6 Å². The molecule has 3 aromatic rings. The summed E-state index contributed by atoms with van der Waals surface area (Å²) < 4.78 is 14.0. The molecule has 0 bridgehead atoms. The van der Waals surface area contributed by atoms with Crippen LogP contribution in [0, 0.1) is 17.1 Å². The van der Waals surface area contributed by atoms with Crippen molar-refractivity contribution in [2.75, 3.05) is 0 Å². The highest BCUT2D eigenvalue weighted by Gasteiger charge is 2.15. The van der Waals surface area contributed by atoms with Crippen LogP contribution in [0.25, 0.3) is 0 Å². The van der Waals surface area contributed by atoms with Gasteiger partial charge in [0, 0.05) is 18.3 Å². The maximum atomic E-state index is 14.0. The van der Waals surface area contributed by atoms with E-state index >= 15 is 0 Å². The number of pyridine rings is 1. The fourth-order valence-electron chi connectivity index (χ4n) is 2.58. The highest BCUT2D eigenvalue weighted by atomic mass is 19.1. The van der Waals surface area contributed by atoms with E-state index in [2.05, 4.69) is 10.3 Å². The molecule has 0 unspecified atom stereocenters. The summed E-state index contributed by atoms with van der Waals surface area (Å²) in [6, 6.07) is 21.9. The highest BCUT2D eigenvalue weighted by Crippen LogP contribution is 2.21. The van der Waals surface area contributed by atoms with Gasteiger partial charge in [0.05, 0.1) is 23.4 Å². The van der Waals surface area contributed by atoms with Crippen molar-refractivity contribution in [3.8, 4) is 6.07 Å². The Morgan fingerprint density at radius 3 is 2.54 bits per heavy atom. The second-order valence-electron chi connectivity index (χ2n) is 5.40. The molecule has 1 heterocycles. The van der Waals surface area contributed by atoms with Crippen LogP contribution in [0.5, 0.6) is 0 Å². The van der Waals surface area contributed by atoms with Gasteiger partial charge in [-0.3, -0.25) is 4.98 Å². The number of nitrogens with one attached hydrogen (secondary N) is 1. The minimum Gasteiger partial charge on any atom is -0.301 e. The molecule has 0 aliphatic carbocycles.